The van der Waals surface area contributed by atoms with E-state index in [1.807, 2.05) is 0 Å². The summed E-state index contributed by atoms with van der Waals surface area (Å²) in [6.45, 7) is 1.46. The van der Waals surface area contributed by atoms with Crippen LogP contribution in [0.3, 0.4) is 0 Å². The molecule has 2 amide bonds. The molecule has 0 bridgehead atoms. The fraction of sp³-hybridized carbons (Fsp3) is 0.769. The predicted molar refractivity (Wildman–Crippen MR) is 67.3 cm³/mol. The van der Waals surface area contributed by atoms with Gasteiger partial charge in [-0.05, 0) is 19.3 Å². The van der Waals surface area contributed by atoms with Gasteiger partial charge in [-0.1, -0.05) is 6.42 Å². The Hall–Kier alpha value is -1.59. The van der Waals surface area contributed by atoms with Gasteiger partial charge in [0.15, 0.2) is 0 Å². The Labute approximate surface area is 112 Å². The Kier molecular flexibility index (Phi) is 4.39. The van der Waals surface area contributed by atoms with Crippen LogP contribution >= 0.6 is 0 Å². The summed E-state index contributed by atoms with van der Waals surface area (Å²) in [7, 11) is 0. The molecule has 0 aromatic heterocycles. The molecule has 2 aliphatic rings. The lowest BCUT2D eigenvalue weighted by molar-refractivity contribution is -0.145. The van der Waals surface area contributed by atoms with E-state index in [2.05, 4.69) is 5.32 Å². The number of nitrogens with zero attached hydrogens (tertiary/aromatic N) is 1. The van der Waals surface area contributed by atoms with E-state index in [4.69, 9.17) is 5.11 Å². The van der Waals surface area contributed by atoms with Gasteiger partial charge in [0.25, 0.3) is 0 Å². The minimum Gasteiger partial charge on any atom is -0.481 e. The molecular formula is C13H20N2O4. The summed E-state index contributed by atoms with van der Waals surface area (Å²) in [6, 6.07) is 0. The van der Waals surface area contributed by atoms with Crippen LogP contribution in [0.1, 0.15) is 32.1 Å². The van der Waals surface area contributed by atoms with Gasteiger partial charge in [-0.3, -0.25) is 14.4 Å². The molecule has 1 aliphatic carbocycles. The second-order valence-electron chi connectivity index (χ2n) is 5.32. The lowest BCUT2D eigenvalue weighted by Crippen LogP contribution is -2.40. The Morgan fingerprint density at radius 1 is 1.21 bits per heavy atom. The SMILES string of the molecule is O=C1CCN(C(=O)C2CCCC(C(=O)O)C2)CCN1. The highest BCUT2D eigenvalue weighted by Crippen LogP contribution is 2.30. The van der Waals surface area contributed by atoms with Crippen molar-refractivity contribution >= 4 is 17.8 Å². The van der Waals surface area contributed by atoms with Crippen molar-refractivity contribution in [2.45, 2.75) is 32.1 Å². The third kappa shape index (κ3) is 3.45. The number of carbonyl (C=O) groups is 3. The van der Waals surface area contributed by atoms with Crippen LogP contribution in [0.5, 0.6) is 0 Å². The fourth-order valence-electron chi connectivity index (χ4n) is 2.88. The van der Waals surface area contributed by atoms with Crippen LogP contribution < -0.4 is 5.32 Å². The average Bonchev–Trinajstić information content (AvgIpc) is 2.63. The maximum atomic E-state index is 12.4. The van der Waals surface area contributed by atoms with Crippen molar-refractivity contribution in [1.29, 1.82) is 0 Å². The molecule has 1 aliphatic heterocycles. The molecule has 19 heavy (non-hydrogen) atoms. The summed E-state index contributed by atoms with van der Waals surface area (Å²) in [4.78, 5) is 36.3. The summed E-state index contributed by atoms with van der Waals surface area (Å²) in [5.41, 5.74) is 0. The first-order valence-corrected chi connectivity index (χ1v) is 6.86. The summed E-state index contributed by atoms with van der Waals surface area (Å²) in [5.74, 6) is -1.40. The number of aliphatic carboxylic acids is 1. The zero-order chi connectivity index (χ0) is 13.8. The Morgan fingerprint density at radius 2 is 1.95 bits per heavy atom. The van der Waals surface area contributed by atoms with Gasteiger partial charge in [-0.15, -0.1) is 0 Å². The molecule has 2 atom stereocenters. The zero-order valence-electron chi connectivity index (χ0n) is 10.9. The van der Waals surface area contributed by atoms with Crippen molar-refractivity contribution in [2.75, 3.05) is 19.6 Å². The Morgan fingerprint density at radius 3 is 2.68 bits per heavy atom. The van der Waals surface area contributed by atoms with Gasteiger partial charge in [-0.25, -0.2) is 0 Å². The summed E-state index contributed by atoms with van der Waals surface area (Å²) in [6.07, 6.45) is 2.99. The lowest BCUT2D eigenvalue weighted by atomic mass is 9.80. The van der Waals surface area contributed by atoms with Crippen LogP contribution in [0.25, 0.3) is 0 Å². The van der Waals surface area contributed by atoms with Gasteiger partial charge in [-0.2, -0.15) is 0 Å². The molecular weight excluding hydrogens is 248 g/mol. The molecule has 2 fully saturated rings. The fourth-order valence-corrected chi connectivity index (χ4v) is 2.88. The van der Waals surface area contributed by atoms with Crippen molar-refractivity contribution in [3.63, 3.8) is 0 Å². The smallest absolute Gasteiger partial charge is 0.306 e. The number of amides is 2. The highest BCUT2D eigenvalue weighted by molar-refractivity contribution is 5.82. The highest BCUT2D eigenvalue weighted by atomic mass is 16.4. The number of hydrogen-bond acceptors (Lipinski definition) is 3. The van der Waals surface area contributed by atoms with Crippen molar-refractivity contribution < 1.29 is 19.5 Å². The van der Waals surface area contributed by atoms with E-state index in [1.54, 1.807) is 4.90 Å². The molecule has 0 aromatic carbocycles. The normalized spacial score (nSPS) is 28.4. The van der Waals surface area contributed by atoms with E-state index in [-0.39, 0.29) is 17.7 Å². The van der Waals surface area contributed by atoms with E-state index in [1.165, 1.54) is 0 Å². The standard InChI is InChI=1S/C13H20N2O4/c16-11-4-6-15(7-5-14-11)12(17)9-2-1-3-10(8-9)13(18)19/h9-10H,1-8H2,(H,14,16)(H,18,19). The molecule has 2 rings (SSSR count). The van der Waals surface area contributed by atoms with Gasteiger partial charge in [0.2, 0.25) is 11.8 Å². The van der Waals surface area contributed by atoms with Gasteiger partial charge in [0, 0.05) is 32.0 Å². The maximum Gasteiger partial charge on any atom is 0.306 e. The molecule has 1 heterocycles. The van der Waals surface area contributed by atoms with Gasteiger partial charge in [0.1, 0.15) is 0 Å². The molecule has 2 N–H and O–H groups in total. The number of carbonyl (C=O) groups excluding carboxylic acids is 2. The van der Waals surface area contributed by atoms with Crippen LogP contribution in [0, 0.1) is 11.8 Å². The van der Waals surface area contributed by atoms with E-state index in [9.17, 15) is 14.4 Å². The number of carboxylic acid groups (broad SMARTS) is 1. The zero-order valence-corrected chi connectivity index (χ0v) is 10.9. The summed E-state index contributed by atoms with van der Waals surface area (Å²) in [5, 5.41) is 11.8. The maximum absolute atomic E-state index is 12.4. The first-order chi connectivity index (χ1) is 9.08. The third-order valence-corrected chi connectivity index (χ3v) is 4.00. The second-order valence-corrected chi connectivity index (χ2v) is 5.32. The summed E-state index contributed by atoms with van der Waals surface area (Å²) < 4.78 is 0. The van der Waals surface area contributed by atoms with Crippen LogP contribution in [-0.2, 0) is 14.4 Å². The minimum atomic E-state index is -0.801. The topological polar surface area (TPSA) is 86.7 Å². The summed E-state index contributed by atoms with van der Waals surface area (Å²) >= 11 is 0. The molecule has 1 saturated carbocycles. The van der Waals surface area contributed by atoms with Gasteiger partial charge < -0.3 is 15.3 Å². The van der Waals surface area contributed by atoms with E-state index in [0.29, 0.717) is 38.9 Å². The van der Waals surface area contributed by atoms with Crippen LogP contribution in [0.4, 0.5) is 0 Å². The first kappa shape index (κ1) is 13.8. The molecule has 0 spiro atoms. The van der Waals surface area contributed by atoms with E-state index in [0.717, 1.165) is 12.8 Å². The van der Waals surface area contributed by atoms with Crippen molar-refractivity contribution in [3.05, 3.63) is 0 Å². The average molecular weight is 268 g/mol. The molecule has 6 heteroatoms. The highest BCUT2D eigenvalue weighted by Gasteiger charge is 2.33. The van der Waals surface area contributed by atoms with Gasteiger partial charge >= 0.3 is 5.97 Å². The minimum absolute atomic E-state index is 0.0162. The van der Waals surface area contributed by atoms with Crippen LogP contribution in [0.2, 0.25) is 0 Å². The number of carboxylic acids is 1. The third-order valence-electron chi connectivity index (χ3n) is 4.00. The molecule has 0 radical (unpaired) electrons. The number of nitrogens with one attached hydrogen (secondary N) is 1. The molecule has 2 unspecified atom stereocenters. The van der Waals surface area contributed by atoms with Gasteiger partial charge in [0.05, 0.1) is 5.92 Å². The number of hydrogen-bond donors (Lipinski definition) is 2. The molecule has 6 nitrogen and oxygen atoms in total. The van der Waals surface area contributed by atoms with Crippen molar-refractivity contribution in [3.8, 4) is 0 Å². The van der Waals surface area contributed by atoms with Crippen LogP contribution in [-0.4, -0.2) is 47.4 Å². The monoisotopic (exact) mass is 268 g/mol. The Balaban J connectivity index is 1.94. The van der Waals surface area contributed by atoms with E-state index >= 15 is 0 Å². The second kappa shape index (κ2) is 6.04. The Bertz CT molecular complexity index is 383. The lowest BCUT2D eigenvalue weighted by Gasteiger charge is -2.30. The largest absolute Gasteiger partial charge is 0.481 e. The predicted octanol–water partition coefficient (Wildman–Crippen LogP) is 0.226. The van der Waals surface area contributed by atoms with Crippen molar-refractivity contribution in [2.24, 2.45) is 11.8 Å². The van der Waals surface area contributed by atoms with Crippen LogP contribution in [0.15, 0.2) is 0 Å². The first-order valence-electron chi connectivity index (χ1n) is 6.86. The molecule has 0 aromatic rings. The molecule has 106 valence electrons. The van der Waals surface area contributed by atoms with Crippen molar-refractivity contribution in [1.82, 2.24) is 10.2 Å². The van der Waals surface area contributed by atoms with E-state index < -0.39 is 11.9 Å². The molecule has 1 saturated heterocycles. The quantitative estimate of drug-likeness (QED) is 0.750. The number of rotatable bonds is 2.